The Kier molecular flexibility index (Phi) is 3.55. The number of nitrogens with one attached hydrogen (secondary N) is 1. The van der Waals surface area contributed by atoms with E-state index in [-0.39, 0.29) is 0 Å². The normalized spacial score (nSPS) is 18.4. The molecule has 1 heterocycles. The van der Waals surface area contributed by atoms with Gasteiger partial charge in [0.05, 0.1) is 0 Å². The van der Waals surface area contributed by atoms with Gasteiger partial charge in [-0.25, -0.2) is 15.8 Å². The van der Waals surface area contributed by atoms with Gasteiger partial charge in [0.25, 0.3) is 0 Å². The van der Waals surface area contributed by atoms with Crippen molar-refractivity contribution < 1.29 is 0 Å². The summed E-state index contributed by atoms with van der Waals surface area (Å²) in [6.45, 7) is 3.32. The number of hydrazine groups is 1. The number of nitrogens with zero attached hydrogens (tertiary/aromatic N) is 3. The molecular formula is C14H23N5. The zero-order valence-corrected chi connectivity index (χ0v) is 11.6. The average molecular weight is 261 g/mol. The lowest BCUT2D eigenvalue weighted by atomic mass is 10.3. The summed E-state index contributed by atoms with van der Waals surface area (Å²) in [5.74, 6) is 8.86. The first kappa shape index (κ1) is 12.7. The molecule has 2 aliphatic rings. The summed E-state index contributed by atoms with van der Waals surface area (Å²) < 4.78 is 0. The zero-order chi connectivity index (χ0) is 13.2. The van der Waals surface area contributed by atoms with Gasteiger partial charge >= 0.3 is 0 Å². The Morgan fingerprint density at radius 2 is 2.11 bits per heavy atom. The quantitative estimate of drug-likeness (QED) is 0.583. The smallest absolute Gasteiger partial charge is 0.145 e. The number of nitrogens with two attached hydrogens (primary N) is 1. The van der Waals surface area contributed by atoms with Gasteiger partial charge in [-0.15, -0.1) is 0 Å². The second-order valence-corrected chi connectivity index (χ2v) is 5.67. The topological polar surface area (TPSA) is 67.1 Å². The average Bonchev–Trinajstić information content (AvgIpc) is 3.30. The minimum Gasteiger partial charge on any atom is -0.353 e. The lowest BCUT2D eigenvalue weighted by Crippen LogP contribution is -2.28. The van der Waals surface area contributed by atoms with Crippen LogP contribution in [0.25, 0.3) is 0 Å². The third-order valence-corrected chi connectivity index (χ3v) is 3.85. The SMILES string of the molecule is CCCCN(c1cc(NN)nc(C2CC2)n1)C1CC1. The molecule has 2 aliphatic carbocycles. The van der Waals surface area contributed by atoms with Gasteiger partial charge < -0.3 is 10.3 Å². The van der Waals surface area contributed by atoms with Crippen LogP contribution in [0.3, 0.4) is 0 Å². The molecule has 0 spiro atoms. The molecule has 0 saturated heterocycles. The molecule has 3 N–H and O–H groups in total. The predicted octanol–water partition coefficient (Wildman–Crippen LogP) is 2.41. The summed E-state index contributed by atoms with van der Waals surface area (Å²) in [6.07, 6.45) is 7.43. The van der Waals surface area contributed by atoms with E-state index in [9.17, 15) is 0 Å². The molecular weight excluding hydrogens is 238 g/mol. The monoisotopic (exact) mass is 261 g/mol. The number of rotatable bonds is 7. The molecule has 0 aliphatic heterocycles. The van der Waals surface area contributed by atoms with Crippen molar-refractivity contribution >= 4 is 11.6 Å². The molecule has 0 amide bonds. The van der Waals surface area contributed by atoms with Gasteiger partial charge in [0.1, 0.15) is 17.5 Å². The van der Waals surface area contributed by atoms with Crippen molar-refractivity contribution in [2.45, 2.75) is 57.4 Å². The highest BCUT2D eigenvalue weighted by molar-refractivity contribution is 5.51. The maximum atomic E-state index is 5.54. The number of anilines is 2. The van der Waals surface area contributed by atoms with Gasteiger partial charge in [-0.3, -0.25) is 0 Å². The van der Waals surface area contributed by atoms with E-state index in [1.807, 2.05) is 6.07 Å². The van der Waals surface area contributed by atoms with Gasteiger partial charge in [0.2, 0.25) is 0 Å². The van der Waals surface area contributed by atoms with Crippen molar-refractivity contribution in [1.82, 2.24) is 9.97 Å². The maximum Gasteiger partial charge on any atom is 0.145 e. The van der Waals surface area contributed by atoms with Crippen molar-refractivity contribution in [2.75, 3.05) is 16.9 Å². The summed E-state index contributed by atoms with van der Waals surface area (Å²) in [5.41, 5.74) is 2.68. The van der Waals surface area contributed by atoms with E-state index in [2.05, 4.69) is 22.2 Å². The van der Waals surface area contributed by atoms with Crippen LogP contribution in [0.1, 0.15) is 57.2 Å². The van der Waals surface area contributed by atoms with Crippen LogP contribution in [0.4, 0.5) is 11.6 Å². The zero-order valence-electron chi connectivity index (χ0n) is 11.6. The Morgan fingerprint density at radius 1 is 1.32 bits per heavy atom. The van der Waals surface area contributed by atoms with Gasteiger partial charge in [-0.1, -0.05) is 13.3 Å². The Hall–Kier alpha value is -1.36. The molecule has 5 nitrogen and oxygen atoms in total. The molecule has 104 valence electrons. The Bertz CT molecular complexity index is 439. The molecule has 0 aromatic carbocycles. The second kappa shape index (κ2) is 5.33. The van der Waals surface area contributed by atoms with Crippen LogP contribution in [0.5, 0.6) is 0 Å². The maximum absolute atomic E-state index is 5.54. The molecule has 19 heavy (non-hydrogen) atoms. The third kappa shape index (κ3) is 2.97. The molecule has 1 aromatic heterocycles. The van der Waals surface area contributed by atoms with Crippen LogP contribution in [0, 0.1) is 0 Å². The minimum absolute atomic E-state index is 0.555. The fraction of sp³-hybridized carbons (Fsp3) is 0.714. The number of hydrogen-bond donors (Lipinski definition) is 2. The van der Waals surface area contributed by atoms with E-state index < -0.39 is 0 Å². The van der Waals surface area contributed by atoms with Crippen LogP contribution in [-0.4, -0.2) is 22.6 Å². The Balaban J connectivity index is 1.85. The number of hydrogen-bond acceptors (Lipinski definition) is 5. The number of aromatic nitrogens is 2. The highest BCUT2D eigenvalue weighted by Gasteiger charge is 2.32. The van der Waals surface area contributed by atoms with E-state index in [0.717, 1.165) is 24.0 Å². The van der Waals surface area contributed by atoms with E-state index >= 15 is 0 Å². The first-order valence-electron chi connectivity index (χ1n) is 7.44. The Labute approximate surface area is 114 Å². The van der Waals surface area contributed by atoms with Crippen LogP contribution >= 0.6 is 0 Å². The third-order valence-electron chi connectivity index (χ3n) is 3.85. The predicted molar refractivity (Wildman–Crippen MR) is 77.1 cm³/mol. The lowest BCUT2D eigenvalue weighted by Gasteiger charge is -2.24. The van der Waals surface area contributed by atoms with Gasteiger partial charge in [-0.2, -0.15) is 0 Å². The highest BCUT2D eigenvalue weighted by atomic mass is 15.3. The summed E-state index contributed by atoms with van der Waals surface area (Å²) in [5, 5.41) is 0. The molecule has 0 unspecified atom stereocenters. The van der Waals surface area contributed by atoms with Crippen molar-refractivity contribution in [3.63, 3.8) is 0 Å². The fourth-order valence-electron chi connectivity index (χ4n) is 2.40. The highest BCUT2D eigenvalue weighted by Crippen LogP contribution is 2.40. The van der Waals surface area contributed by atoms with Gasteiger partial charge in [-0.05, 0) is 32.1 Å². The van der Waals surface area contributed by atoms with Gasteiger partial charge in [0.15, 0.2) is 0 Å². The van der Waals surface area contributed by atoms with Crippen LogP contribution in [-0.2, 0) is 0 Å². The fourth-order valence-corrected chi connectivity index (χ4v) is 2.40. The minimum atomic E-state index is 0.555. The van der Waals surface area contributed by atoms with E-state index in [1.165, 1.54) is 38.5 Å². The summed E-state index contributed by atoms with van der Waals surface area (Å²) in [4.78, 5) is 11.7. The molecule has 3 rings (SSSR count). The molecule has 5 heteroatoms. The Morgan fingerprint density at radius 3 is 2.68 bits per heavy atom. The largest absolute Gasteiger partial charge is 0.353 e. The number of unbranched alkanes of at least 4 members (excludes halogenated alkanes) is 1. The van der Waals surface area contributed by atoms with Crippen molar-refractivity contribution in [2.24, 2.45) is 5.84 Å². The van der Waals surface area contributed by atoms with Crippen molar-refractivity contribution in [3.05, 3.63) is 11.9 Å². The van der Waals surface area contributed by atoms with E-state index in [4.69, 9.17) is 10.8 Å². The summed E-state index contributed by atoms with van der Waals surface area (Å²) in [6, 6.07) is 2.67. The lowest BCUT2D eigenvalue weighted by molar-refractivity contribution is 0.700. The van der Waals surface area contributed by atoms with Crippen molar-refractivity contribution in [1.29, 1.82) is 0 Å². The summed E-state index contributed by atoms with van der Waals surface area (Å²) >= 11 is 0. The summed E-state index contributed by atoms with van der Waals surface area (Å²) in [7, 11) is 0. The molecule has 2 fully saturated rings. The molecule has 0 bridgehead atoms. The van der Waals surface area contributed by atoms with E-state index in [1.54, 1.807) is 0 Å². The molecule has 1 aromatic rings. The molecule has 0 radical (unpaired) electrons. The molecule has 0 atom stereocenters. The number of nitrogen functional groups attached to an aromatic ring is 1. The van der Waals surface area contributed by atoms with Crippen LogP contribution in [0.2, 0.25) is 0 Å². The second-order valence-electron chi connectivity index (χ2n) is 5.67. The van der Waals surface area contributed by atoms with Crippen LogP contribution in [0.15, 0.2) is 6.07 Å². The van der Waals surface area contributed by atoms with E-state index in [0.29, 0.717) is 12.0 Å². The molecule has 2 saturated carbocycles. The first-order chi connectivity index (χ1) is 9.31. The first-order valence-corrected chi connectivity index (χ1v) is 7.44. The van der Waals surface area contributed by atoms with Gasteiger partial charge in [0, 0.05) is 24.6 Å². The van der Waals surface area contributed by atoms with Crippen LogP contribution < -0.4 is 16.2 Å². The standard InChI is InChI=1S/C14H23N5/c1-2-3-8-19(11-6-7-11)13-9-12(18-15)16-14(17-13)10-4-5-10/h9-11H,2-8,15H2,1H3,(H,16,17,18). The van der Waals surface area contributed by atoms with Crippen molar-refractivity contribution in [3.8, 4) is 0 Å².